The number of nitrogen functional groups attached to an aromatic ring is 1. The molecule has 1 fully saturated rings. The van der Waals surface area contributed by atoms with Crippen molar-refractivity contribution in [3.63, 3.8) is 0 Å². The number of rotatable bonds is 49. The topological polar surface area (TPSA) is 306 Å². The number of phosphoric ester groups is 2. The molecule has 0 saturated carbocycles. The predicted octanol–water partition coefficient (Wildman–Crippen LogP) is 11.0. The normalized spacial score (nSPS) is 19.9. The first kappa shape index (κ1) is 70.5. The van der Waals surface area contributed by atoms with E-state index in [9.17, 15) is 53.7 Å². The van der Waals surface area contributed by atoms with Gasteiger partial charge in [-0.3, -0.25) is 23.2 Å². The van der Waals surface area contributed by atoms with Crippen LogP contribution in [-0.4, -0.2) is 108 Å². The Morgan fingerprint density at radius 2 is 1.22 bits per heavy atom. The smallest absolute Gasteiger partial charge is 0.462 e. The van der Waals surface area contributed by atoms with E-state index < -0.39 is 95.9 Å². The number of anilines is 1. The van der Waals surface area contributed by atoms with Gasteiger partial charge in [-0.05, 0) is 50.5 Å². The van der Waals surface area contributed by atoms with Crippen LogP contribution in [0.3, 0.4) is 0 Å². The standard InChI is InChI=1S/C55H101N3O17P2/c1-4-6-7-8-25-30-35-46(59)47(60)36-31-26-23-28-33-38-51(62)73-45(41-70-50(61)37-32-27-22-20-18-16-14-12-10-9-11-13-15-17-19-21-24-29-34-44(3)5-2)42-71-76(66,67)75-77(68,69)72-43-48-52(63)53(64)54(74-48)58-40-39-49(56)57-55(58)65/h25,30,39-40,44-48,52-54,59-60,63-64H,4-24,26-29,31-38,41-43H2,1-3H3,(H,66,67)(H,68,69)(H2,56,57,65)/b30-25-/t44?,45-,46+,47+,48-,52-,53-,54-/m1/s1. The molecule has 0 bridgehead atoms. The minimum atomic E-state index is -5.46. The second kappa shape index (κ2) is 42.3. The average molecular weight is 1140 g/mol. The van der Waals surface area contributed by atoms with E-state index in [4.69, 9.17) is 29.0 Å². The lowest BCUT2D eigenvalue weighted by atomic mass is 9.99. The molecular formula is C55H101N3O17P2. The van der Waals surface area contributed by atoms with Crippen LogP contribution in [0.4, 0.5) is 5.82 Å². The van der Waals surface area contributed by atoms with Gasteiger partial charge in [-0.1, -0.05) is 193 Å². The number of nitrogens with zero attached hydrogens (tertiary/aromatic N) is 2. The summed E-state index contributed by atoms with van der Waals surface area (Å²) in [5.74, 6) is -0.535. The fourth-order valence-electron chi connectivity index (χ4n) is 9.02. The molecule has 1 aliphatic heterocycles. The van der Waals surface area contributed by atoms with Gasteiger partial charge in [0.15, 0.2) is 12.3 Å². The molecule has 8 N–H and O–H groups in total. The molecule has 3 unspecified atom stereocenters. The first-order valence-electron chi connectivity index (χ1n) is 29.3. The number of phosphoric acid groups is 2. The number of ether oxygens (including phenoxy) is 3. The van der Waals surface area contributed by atoms with Crippen molar-refractivity contribution in [2.24, 2.45) is 5.92 Å². The Bertz CT molecular complexity index is 1890. The third-order valence-corrected chi connectivity index (χ3v) is 16.7. The van der Waals surface area contributed by atoms with E-state index in [1.807, 2.05) is 12.2 Å². The van der Waals surface area contributed by atoms with Gasteiger partial charge in [-0.25, -0.2) is 13.9 Å². The fourth-order valence-corrected chi connectivity index (χ4v) is 11.1. The number of aromatic nitrogens is 2. The van der Waals surface area contributed by atoms with Crippen LogP contribution >= 0.6 is 15.6 Å². The van der Waals surface area contributed by atoms with Gasteiger partial charge in [0.1, 0.15) is 30.7 Å². The SMILES string of the molecule is CCCCC/C=C\C[C@H](O)[C@@H](O)CCCCCCCC(=O)O[C@H](COC(=O)CCCCCCCCCCCCCCCCCCCCC(C)CC)COP(=O)(O)OP(=O)(O)OC[C@H]1O[C@@H](n2ccc(N)nc2=O)[C@H](O)[C@@H]1O. The summed E-state index contributed by atoms with van der Waals surface area (Å²) in [6.45, 7) is 4.37. The monoisotopic (exact) mass is 1140 g/mol. The average Bonchev–Trinajstić information content (AvgIpc) is 3.67. The van der Waals surface area contributed by atoms with E-state index in [2.05, 4.69) is 30.1 Å². The summed E-state index contributed by atoms with van der Waals surface area (Å²) >= 11 is 0. The number of unbranched alkanes of at least 4 members (excludes halogenated alkanes) is 24. The molecule has 1 aliphatic rings. The Balaban J connectivity index is 1.76. The highest BCUT2D eigenvalue weighted by molar-refractivity contribution is 7.61. The third-order valence-electron chi connectivity index (χ3n) is 14.1. The van der Waals surface area contributed by atoms with Gasteiger partial charge < -0.3 is 50.2 Å². The van der Waals surface area contributed by atoms with E-state index in [0.29, 0.717) is 38.5 Å². The largest absolute Gasteiger partial charge is 0.481 e. The van der Waals surface area contributed by atoms with Crippen molar-refractivity contribution < 1.29 is 76.5 Å². The van der Waals surface area contributed by atoms with Crippen molar-refractivity contribution >= 4 is 33.4 Å². The molecule has 448 valence electrons. The second-order valence-electron chi connectivity index (χ2n) is 21.1. The third kappa shape index (κ3) is 34.3. The number of carbonyl (C=O) groups is 2. The van der Waals surface area contributed by atoms with Crippen LogP contribution in [0.15, 0.2) is 29.2 Å². The number of hydrogen-bond donors (Lipinski definition) is 7. The second-order valence-corrected chi connectivity index (χ2v) is 24.1. The maximum atomic E-state index is 12.9. The minimum absolute atomic E-state index is 0.0451. The summed E-state index contributed by atoms with van der Waals surface area (Å²) in [7, 11) is -10.9. The fraction of sp³-hybridized carbons (Fsp3) is 0.855. The molecule has 0 radical (unpaired) electrons. The molecular weight excluding hydrogens is 1040 g/mol. The van der Waals surface area contributed by atoms with E-state index in [1.165, 1.54) is 102 Å². The van der Waals surface area contributed by atoms with Crippen molar-refractivity contribution in [1.29, 1.82) is 0 Å². The van der Waals surface area contributed by atoms with Crippen LogP contribution in [0.1, 0.15) is 239 Å². The van der Waals surface area contributed by atoms with Gasteiger partial charge >= 0.3 is 33.3 Å². The molecule has 77 heavy (non-hydrogen) atoms. The quantitative estimate of drug-likeness (QED) is 0.0138. The molecule has 0 aliphatic carbocycles. The molecule has 1 aromatic rings. The lowest BCUT2D eigenvalue weighted by molar-refractivity contribution is -0.161. The molecule has 22 heteroatoms. The summed E-state index contributed by atoms with van der Waals surface area (Å²) in [5, 5.41) is 41.6. The zero-order valence-corrected chi connectivity index (χ0v) is 48.7. The van der Waals surface area contributed by atoms with Crippen LogP contribution in [0, 0.1) is 5.92 Å². The van der Waals surface area contributed by atoms with Gasteiger partial charge in [0.2, 0.25) is 0 Å². The lowest BCUT2D eigenvalue weighted by Crippen LogP contribution is -2.36. The maximum Gasteiger partial charge on any atom is 0.481 e. The van der Waals surface area contributed by atoms with Crippen LogP contribution in [0.5, 0.6) is 0 Å². The Labute approximate surface area is 459 Å². The van der Waals surface area contributed by atoms with Gasteiger partial charge in [0, 0.05) is 19.0 Å². The molecule has 0 aromatic carbocycles. The summed E-state index contributed by atoms with van der Waals surface area (Å²) in [4.78, 5) is 62.1. The molecule has 2 rings (SSSR count). The summed E-state index contributed by atoms with van der Waals surface area (Å²) < 4.78 is 56.9. The number of hydrogen-bond acceptors (Lipinski definition) is 17. The van der Waals surface area contributed by atoms with Crippen LogP contribution in [-0.2, 0) is 46.3 Å². The molecule has 0 amide bonds. The van der Waals surface area contributed by atoms with Gasteiger partial charge in [0.05, 0.1) is 25.4 Å². The van der Waals surface area contributed by atoms with E-state index >= 15 is 0 Å². The molecule has 2 heterocycles. The van der Waals surface area contributed by atoms with E-state index in [0.717, 1.165) is 80.9 Å². The van der Waals surface area contributed by atoms with Gasteiger partial charge in [-0.15, -0.1) is 0 Å². The van der Waals surface area contributed by atoms with Crippen molar-refractivity contribution in [2.75, 3.05) is 25.6 Å². The molecule has 10 atom stereocenters. The molecule has 20 nitrogen and oxygen atoms in total. The van der Waals surface area contributed by atoms with Gasteiger partial charge in [0.25, 0.3) is 0 Å². The minimum Gasteiger partial charge on any atom is -0.462 e. The summed E-state index contributed by atoms with van der Waals surface area (Å²) in [6.07, 6.45) is 28.6. The number of allylic oxidation sites excluding steroid dienone is 1. The number of nitrogens with two attached hydrogens (primary N) is 1. The first-order valence-corrected chi connectivity index (χ1v) is 32.3. The Kier molecular flexibility index (Phi) is 38.7. The summed E-state index contributed by atoms with van der Waals surface area (Å²) in [5.41, 5.74) is 4.58. The van der Waals surface area contributed by atoms with Crippen molar-refractivity contribution in [2.45, 2.75) is 276 Å². The highest BCUT2D eigenvalue weighted by Gasteiger charge is 2.46. The van der Waals surface area contributed by atoms with Crippen molar-refractivity contribution in [3.8, 4) is 0 Å². The number of esters is 2. The Hall–Kier alpha value is -2.58. The van der Waals surface area contributed by atoms with Crippen LogP contribution in [0.2, 0.25) is 0 Å². The highest BCUT2D eigenvalue weighted by atomic mass is 31.3. The Morgan fingerprint density at radius 3 is 1.77 bits per heavy atom. The van der Waals surface area contributed by atoms with Crippen molar-refractivity contribution in [3.05, 3.63) is 34.9 Å². The molecule has 1 saturated heterocycles. The number of carbonyl (C=O) groups excluding carboxylic acids is 2. The van der Waals surface area contributed by atoms with E-state index in [1.54, 1.807) is 0 Å². The van der Waals surface area contributed by atoms with Gasteiger partial charge in [-0.2, -0.15) is 9.29 Å². The molecule has 0 spiro atoms. The van der Waals surface area contributed by atoms with Crippen molar-refractivity contribution in [1.82, 2.24) is 9.55 Å². The zero-order chi connectivity index (χ0) is 56.7. The lowest BCUT2D eigenvalue weighted by Gasteiger charge is -2.21. The van der Waals surface area contributed by atoms with Crippen LogP contribution in [0.25, 0.3) is 0 Å². The summed E-state index contributed by atoms with van der Waals surface area (Å²) in [6, 6.07) is 1.24. The highest BCUT2D eigenvalue weighted by Crippen LogP contribution is 2.60. The first-order chi connectivity index (χ1) is 36.9. The molecule has 1 aromatic heterocycles. The van der Waals surface area contributed by atoms with E-state index in [-0.39, 0.29) is 18.7 Å². The zero-order valence-electron chi connectivity index (χ0n) is 46.9. The Morgan fingerprint density at radius 1 is 0.701 bits per heavy atom. The van der Waals surface area contributed by atoms with Crippen LogP contribution < -0.4 is 11.4 Å². The predicted molar refractivity (Wildman–Crippen MR) is 296 cm³/mol. The maximum absolute atomic E-state index is 12.9. The number of aliphatic hydroxyl groups is 4. The number of aliphatic hydroxyl groups excluding tert-OH is 4.